The highest BCUT2D eigenvalue weighted by molar-refractivity contribution is 7.21. The zero-order chi connectivity index (χ0) is 17.8. The van der Waals surface area contributed by atoms with E-state index in [9.17, 15) is 5.11 Å². The van der Waals surface area contributed by atoms with E-state index in [-0.39, 0.29) is 0 Å². The van der Waals surface area contributed by atoms with Gasteiger partial charge in [-0.2, -0.15) is 0 Å². The summed E-state index contributed by atoms with van der Waals surface area (Å²) in [6.07, 6.45) is 4.41. The molecule has 0 spiro atoms. The van der Waals surface area contributed by atoms with Gasteiger partial charge < -0.3 is 10.4 Å². The number of pyridine rings is 1. The first kappa shape index (κ1) is 16.7. The monoisotopic (exact) mass is 361 g/mol. The van der Waals surface area contributed by atoms with Crippen molar-refractivity contribution in [1.82, 2.24) is 9.97 Å². The van der Waals surface area contributed by atoms with Crippen molar-refractivity contribution in [3.63, 3.8) is 0 Å². The first-order valence-electron chi connectivity index (χ1n) is 8.57. The number of aliphatic hydroxyl groups is 1. The molecule has 2 heterocycles. The minimum atomic E-state index is -0.594. The summed E-state index contributed by atoms with van der Waals surface area (Å²) in [6.45, 7) is 0. The number of aliphatic hydroxyl groups excluding tert-OH is 1. The fraction of sp³-hybridized carbons (Fsp3) is 0.143. The number of aromatic nitrogens is 2. The molecule has 0 bridgehead atoms. The Balaban J connectivity index is 1.39. The molecule has 1 unspecified atom stereocenters. The van der Waals surface area contributed by atoms with Gasteiger partial charge in [-0.3, -0.25) is 4.98 Å². The van der Waals surface area contributed by atoms with Crippen molar-refractivity contribution in [3.8, 4) is 10.6 Å². The number of fused-ring (bicyclic) bond motifs is 1. The summed E-state index contributed by atoms with van der Waals surface area (Å²) in [6, 6.07) is 20.1. The van der Waals surface area contributed by atoms with Crippen LogP contribution in [0, 0.1) is 0 Å². The zero-order valence-corrected chi connectivity index (χ0v) is 15.0. The van der Waals surface area contributed by atoms with Crippen LogP contribution in [0.2, 0.25) is 0 Å². The molecule has 0 saturated heterocycles. The standard InChI is InChI=1S/C21H19N3OS/c25-20(12-7-15-4-3-13-22-14-15)23-17-10-8-16(9-11-17)21-24-18-5-1-2-6-19(18)26-21/h1-6,8-11,13-14,20,23,25H,7,12H2. The smallest absolute Gasteiger partial charge is 0.124 e. The van der Waals surface area contributed by atoms with Gasteiger partial charge in [0, 0.05) is 23.6 Å². The number of hydrogen-bond acceptors (Lipinski definition) is 5. The van der Waals surface area contributed by atoms with Crippen molar-refractivity contribution in [3.05, 3.63) is 78.6 Å². The molecule has 5 heteroatoms. The third-order valence-electron chi connectivity index (χ3n) is 4.19. The van der Waals surface area contributed by atoms with Crippen LogP contribution in [0.25, 0.3) is 20.8 Å². The summed E-state index contributed by atoms with van der Waals surface area (Å²) in [4.78, 5) is 8.77. The first-order chi connectivity index (χ1) is 12.8. The number of anilines is 1. The Kier molecular flexibility index (Phi) is 4.91. The van der Waals surface area contributed by atoms with Gasteiger partial charge >= 0.3 is 0 Å². The number of rotatable bonds is 6. The topological polar surface area (TPSA) is 58.0 Å². The molecular formula is C21H19N3OS. The molecule has 4 aromatic rings. The fourth-order valence-corrected chi connectivity index (χ4v) is 3.79. The molecule has 0 aliphatic rings. The lowest BCUT2D eigenvalue weighted by Gasteiger charge is -2.14. The summed E-state index contributed by atoms with van der Waals surface area (Å²) < 4.78 is 1.19. The second-order valence-electron chi connectivity index (χ2n) is 6.12. The van der Waals surface area contributed by atoms with E-state index in [1.54, 1.807) is 17.5 Å². The molecule has 4 rings (SSSR count). The minimum Gasteiger partial charge on any atom is -0.374 e. The highest BCUT2D eigenvalue weighted by Gasteiger charge is 2.08. The Morgan fingerprint density at radius 1 is 1.00 bits per heavy atom. The number of nitrogens with zero attached hydrogens (tertiary/aromatic N) is 2. The lowest BCUT2D eigenvalue weighted by Crippen LogP contribution is -2.19. The molecule has 2 aromatic heterocycles. The third kappa shape index (κ3) is 3.90. The lowest BCUT2D eigenvalue weighted by molar-refractivity contribution is 0.193. The lowest BCUT2D eigenvalue weighted by atomic mass is 10.1. The van der Waals surface area contributed by atoms with Crippen LogP contribution in [0.3, 0.4) is 0 Å². The summed E-state index contributed by atoms with van der Waals surface area (Å²) in [5.41, 5.74) is 4.13. The second-order valence-corrected chi connectivity index (χ2v) is 7.15. The summed E-state index contributed by atoms with van der Waals surface area (Å²) in [7, 11) is 0. The van der Waals surface area contributed by atoms with Gasteiger partial charge in [-0.1, -0.05) is 18.2 Å². The molecule has 0 aliphatic heterocycles. The maximum absolute atomic E-state index is 10.2. The summed E-state index contributed by atoms with van der Waals surface area (Å²) in [5, 5.41) is 14.3. The van der Waals surface area contributed by atoms with Crippen LogP contribution >= 0.6 is 11.3 Å². The molecule has 26 heavy (non-hydrogen) atoms. The largest absolute Gasteiger partial charge is 0.374 e. The minimum absolute atomic E-state index is 0.594. The van der Waals surface area contributed by atoms with Gasteiger partial charge in [0.2, 0.25) is 0 Å². The van der Waals surface area contributed by atoms with E-state index in [1.165, 1.54) is 4.70 Å². The van der Waals surface area contributed by atoms with Gasteiger partial charge in [-0.25, -0.2) is 4.98 Å². The van der Waals surface area contributed by atoms with Gasteiger partial charge in [0.15, 0.2) is 0 Å². The van der Waals surface area contributed by atoms with Crippen molar-refractivity contribution in [2.45, 2.75) is 19.1 Å². The molecule has 0 radical (unpaired) electrons. The highest BCUT2D eigenvalue weighted by atomic mass is 32.1. The van der Waals surface area contributed by atoms with E-state index in [2.05, 4.69) is 21.4 Å². The molecule has 0 saturated carbocycles. The van der Waals surface area contributed by atoms with Crippen LogP contribution in [-0.4, -0.2) is 21.3 Å². The second kappa shape index (κ2) is 7.64. The maximum Gasteiger partial charge on any atom is 0.124 e. The van der Waals surface area contributed by atoms with Crippen LogP contribution < -0.4 is 5.32 Å². The summed E-state index contributed by atoms with van der Waals surface area (Å²) >= 11 is 1.69. The van der Waals surface area contributed by atoms with E-state index in [1.807, 2.05) is 60.8 Å². The Hall–Kier alpha value is -2.76. The molecule has 4 nitrogen and oxygen atoms in total. The molecule has 130 valence electrons. The predicted molar refractivity (Wildman–Crippen MR) is 107 cm³/mol. The van der Waals surface area contributed by atoms with Crippen LogP contribution in [0.5, 0.6) is 0 Å². The third-order valence-corrected chi connectivity index (χ3v) is 5.27. The van der Waals surface area contributed by atoms with Crippen molar-refractivity contribution in [1.29, 1.82) is 0 Å². The highest BCUT2D eigenvalue weighted by Crippen LogP contribution is 2.30. The van der Waals surface area contributed by atoms with Crippen molar-refractivity contribution < 1.29 is 5.11 Å². The fourth-order valence-electron chi connectivity index (χ4n) is 2.82. The molecular weight excluding hydrogens is 342 g/mol. The number of benzene rings is 2. The van der Waals surface area contributed by atoms with E-state index in [0.29, 0.717) is 6.42 Å². The molecule has 0 fully saturated rings. The van der Waals surface area contributed by atoms with Crippen molar-refractivity contribution in [2.24, 2.45) is 0 Å². The van der Waals surface area contributed by atoms with Crippen LogP contribution in [-0.2, 0) is 6.42 Å². The van der Waals surface area contributed by atoms with E-state index in [0.717, 1.165) is 33.8 Å². The average Bonchev–Trinajstić information content (AvgIpc) is 3.12. The molecule has 1 atom stereocenters. The van der Waals surface area contributed by atoms with Crippen LogP contribution in [0.1, 0.15) is 12.0 Å². The zero-order valence-electron chi connectivity index (χ0n) is 14.2. The van der Waals surface area contributed by atoms with Crippen LogP contribution in [0.15, 0.2) is 73.1 Å². The van der Waals surface area contributed by atoms with Gasteiger partial charge in [0.25, 0.3) is 0 Å². The Morgan fingerprint density at radius 2 is 1.85 bits per heavy atom. The van der Waals surface area contributed by atoms with Gasteiger partial charge in [-0.15, -0.1) is 11.3 Å². The quantitative estimate of drug-likeness (QED) is 0.488. The van der Waals surface area contributed by atoms with Crippen LogP contribution in [0.4, 0.5) is 5.69 Å². The number of aryl methyl sites for hydroxylation is 1. The molecule has 2 N–H and O–H groups in total. The molecule has 2 aromatic carbocycles. The number of nitrogens with one attached hydrogen (secondary N) is 1. The number of para-hydroxylation sites is 1. The van der Waals surface area contributed by atoms with Gasteiger partial charge in [-0.05, 0) is 60.9 Å². The molecule has 0 aliphatic carbocycles. The van der Waals surface area contributed by atoms with Crippen molar-refractivity contribution in [2.75, 3.05) is 5.32 Å². The number of hydrogen-bond donors (Lipinski definition) is 2. The average molecular weight is 361 g/mol. The normalized spacial score (nSPS) is 12.2. The summed E-state index contributed by atoms with van der Waals surface area (Å²) in [5.74, 6) is 0. The van der Waals surface area contributed by atoms with E-state index < -0.39 is 6.23 Å². The maximum atomic E-state index is 10.2. The van der Waals surface area contributed by atoms with Gasteiger partial charge in [0.05, 0.1) is 10.2 Å². The Bertz CT molecular complexity index is 950. The van der Waals surface area contributed by atoms with E-state index >= 15 is 0 Å². The SMILES string of the molecule is OC(CCc1cccnc1)Nc1ccc(-c2nc3ccccc3s2)cc1. The number of thiazole rings is 1. The Labute approximate surface area is 156 Å². The predicted octanol–water partition coefficient (Wildman–Crippen LogP) is 4.72. The Morgan fingerprint density at radius 3 is 2.62 bits per heavy atom. The van der Waals surface area contributed by atoms with Crippen molar-refractivity contribution >= 4 is 27.2 Å². The van der Waals surface area contributed by atoms with E-state index in [4.69, 9.17) is 0 Å². The first-order valence-corrected chi connectivity index (χ1v) is 9.39. The van der Waals surface area contributed by atoms with Gasteiger partial charge in [0.1, 0.15) is 11.2 Å². The molecule has 0 amide bonds.